The summed E-state index contributed by atoms with van der Waals surface area (Å²) < 4.78 is 0. The summed E-state index contributed by atoms with van der Waals surface area (Å²) in [5, 5.41) is 12.2. The SMILES string of the molecule is CC(CC1CC1)NC(=O)CC(C)(C(=O)O)C(C)C. The second-order valence-electron chi connectivity index (χ2n) is 6.20. The van der Waals surface area contributed by atoms with Gasteiger partial charge < -0.3 is 10.4 Å². The van der Waals surface area contributed by atoms with Crippen molar-refractivity contribution >= 4 is 11.9 Å². The molecular weight excluding hydrogens is 230 g/mol. The standard InChI is InChI=1S/C14H25NO3/c1-9(2)14(4,13(17)18)8-12(16)15-10(3)7-11-5-6-11/h9-11H,5-8H2,1-4H3,(H,15,16)(H,17,18). The zero-order chi connectivity index (χ0) is 13.9. The third kappa shape index (κ3) is 4.00. The van der Waals surface area contributed by atoms with Gasteiger partial charge in [-0.15, -0.1) is 0 Å². The molecule has 1 amide bonds. The van der Waals surface area contributed by atoms with Crippen LogP contribution >= 0.6 is 0 Å². The van der Waals surface area contributed by atoms with Crippen molar-refractivity contribution in [3.05, 3.63) is 0 Å². The van der Waals surface area contributed by atoms with Gasteiger partial charge in [-0.1, -0.05) is 26.7 Å². The molecule has 1 fully saturated rings. The lowest BCUT2D eigenvalue weighted by atomic mass is 9.76. The number of hydrogen-bond donors (Lipinski definition) is 2. The van der Waals surface area contributed by atoms with E-state index in [9.17, 15) is 14.7 Å². The van der Waals surface area contributed by atoms with Crippen molar-refractivity contribution in [2.75, 3.05) is 0 Å². The van der Waals surface area contributed by atoms with Gasteiger partial charge >= 0.3 is 5.97 Å². The lowest BCUT2D eigenvalue weighted by molar-refractivity contribution is -0.153. The van der Waals surface area contributed by atoms with E-state index in [1.807, 2.05) is 20.8 Å². The fourth-order valence-corrected chi connectivity index (χ4v) is 2.10. The highest BCUT2D eigenvalue weighted by atomic mass is 16.4. The first-order valence-electron chi connectivity index (χ1n) is 6.78. The third-order valence-electron chi connectivity index (χ3n) is 4.08. The molecule has 0 aromatic carbocycles. The van der Waals surface area contributed by atoms with E-state index in [0.717, 1.165) is 12.3 Å². The zero-order valence-electron chi connectivity index (χ0n) is 11.8. The molecule has 4 heteroatoms. The summed E-state index contributed by atoms with van der Waals surface area (Å²) in [5.74, 6) is -0.361. The van der Waals surface area contributed by atoms with Gasteiger partial charge in [0.25, 0.3) is 0 Å². The highest BCUT2D eigenvalue weighted by Gasteiger charge is 2.39. The molecule has 2 atom stereocenters. The van der Waals surface area contributed by atoms with Crippen LogP contribution in [0.5, 0.6) is 0 Å². The van der Waals surface area contributed by atoms with Gasteiger partial charge in [-0.05, 0) is 32.1 Å². The summed E-state index contributed by atoms with van der Waals surface area (Å²) >= 11 is 0. The molecule has 0 saturated heterocycles. The maximum Gasteiger partial charge on any atom is 0.310 e. The summed E-state index contributed by atoms with van der Waals surface area (Å²) in [6.45, 7) is 7.32. The molecule has 1 saturated carbocycles. The first-order chi connectivity index (χ1) is 8.25. The lowest BCUT2D eigenvalue weighted by Gasteiger charge is -2.29. The van der Waals surface area contributed by atoms with E-state index in [4.69, 9.17) is 0 Å². The lowest BCUT2D eigenvalue weighted by Crippen LogP contribution is -2.41. The number of amides is 1. The van der Waals surface area contributed by atoms with Gasteiger partial charge in [-0.2, -0.15) is 0 Å². The van der Waals surface area contributed by atoms with E-state index in [0.29, 0.717) is 0 Å². The number of hydrogen-bond acceptors (Lipinski definition) is 2. The molecule has 2 N–H and O–H groups in total. The minimum Gasteiger partial charge on any atom is -0.481 e. The normalized spacial score (nSPS) is 20.3. The topological polar surface area (TPSA) is 66.4 Å². The first kappa shape index (κ1) is 15.0. The molecule has 1 rings (SSSR count). The number of aliphatic carboxylic acids is 1. The highest BCUT2D eigenvalue weighted by Crippen LogP contribution is 2.34. The fourth-order valence-electron chi connectivity index (χ4n) is 2.10. The van der Waals surface area contributed by atoms with Gasteiger partial charge in [0, 0.05) is 12.5 Å². The Labute approximate surface area is 109 Å². The van der Waals surface area contributed by atoms with Crippen LogP contribution in [0.15, 0.2) is 0 Å². The van der Waals surface area contributed by atoms with Crippen molar-refractivity contribution in [2.45, 2.75) is 59.4 Å². The third-order valence-corrected chi connectivity index (χ3v) is 4.08. The predicted octanol–water partition coefficient (Wildman–Crippen LogP) is 2.43. The Kier molecular flexibility index (Phi) is 4.77. The summed E-state index contributed by atoms with van der Waals surface area (Å²) in [7, 11) is 0. The summed E-state index contributed by atoms with van der Waals surface area (Å²) in [6.07, 6.45) is 3.59. The van der Waals surface area contributed by atoms with E-state index in [2.05, 4.69) is 5.32 Å². The molecule has 0 spiro atoms. The zero-order valence-corrected chi connectivity index (χ0v) is 11.8. The smallest absolute Gasteiger partial charge is 0.310 e. The quantitative estimate of drug-likeness (QED) is 0.734. The van der Waals surface area contributed by atoms with Crippen molar-refractivity contribution in [1.82, 2.24) is 5.32 Å². The first-order valence-corrected chi connectivity index (χ1v) is 6.78. The highest BCUT2D eigenvalue weighted by molar-refractivity contribution is 5.85. The maximum atomic E-state index is 11.9. The molecule has 1 aliphatic rings. The average Bonchev–Trinajstić information content (AvgIpc) is 2.99. The van der Waals surface area contributed by atoms with Crippen LogP contribution < -0.4 is 5.32 Å². The summed E-state index contributed by atoms with van der Waals surface area (Å²) in [6, 6.07) is 0.148. The molecule has 0 aromatic heterocycles. The van der Waals surface area contributed by atoms with E-state index >= 15 is 0 Å². The van der Waals surface area contributed by atoms with Crippen LogP contribution in [0.2, 0.25) is 0 Å². The van der Waals surface area contributed by atoms with Crippen LogP contribution in [0.4, 0.5) is 0 Å². The minimum absolute atomic E-state index is 0.0506. The Balaban J connectivity index is 2.47. The molecule has 2 unspecified atom stereocenters. The number of nitrogens with one attached hydrogen (secondary N) is 1. The number of carboxylic acid groups (broad SMARTS) is 1. The maximum absolute atomic E-state index is 11.9. The molecule has 4 nitrogen and oxygen atoms in total. The Morgan fingerprint density at radius 3 is 2.28 bits per heavy atom. The van der Waals surface area contributed by atoms with Gasteiger partial charge in [0.05, 0.1) is 5.41 Å². The molecule has 104 valence electrons. The summed E-state index contributed by atoms with van der Waals surface area (Å²) in [5.41, 5.74) is -0.983. The predicted molar refractivity (Wildman–Crippen MR) is 70.1 cm³/mol. The van der Waals surface area contributed by atoms with Crippen molar-refractivity contribution in [1.29, 1.82) is 0 Å². The Hall–Kier alpha value is -1.06. The van der Waals surface area contributed by atoms with Crippen LogP contribution in [0.3, 0.4) is 0 Å². The second kappa shape index (κ2) is 5.72. The van der Waals surface area contributed by atoms with Crippen molar-refractivity contribution in [3.8, 4) is 0 Å². The number of rotatable bonds is 7. The molecule has 0 heterocycles. The number of carbonyl (C=O) groups is 2. The molecule has 18 heavy (non-hydrogen) atoms. The Morgan fingerprint density at radius 1 is 1.33 bits per heavy atom. The molecule has 0 radical (unpaired) electrons. The van der Waals surface area contributed by atoms with E-state index in [-0.39, 0.29) is 24.3 Å². The van der Waals surface area contributed by atoms with E-state index in [1.165, 1.54) is 12.8 Å². The van der Waals surface area contributed by atoms with Gasteiger partial charge in [0.2, 0.25) is 5.91 Å². The van der Waals surface area contributed by atoms with Crippen LogP contribution in [-0.2, 0) is 9.59 Å². The molecule has 0 aliphatic heterocycles. The van der Waals surface area contributed by atoms with Gasteiger partial charge in [-0.3, -0.25) is 9.59 Å². The van der Waals surface area contributed by atoms with E-state index < -0.39 is 11.4 Å². The Bertz CT molecular complexity index is 323. The van der Waals surface area contributed by atoms with Crippen LogP contribution in [0.1, 0.15) is 53.4 Å². The summed E-state index contributed by atoms with van der Waals surface area (Å²) in [4.78, 5) is 23.2. The molecular formula is C14H25NO3. The van der Waals surface area contributed by atoms with Crippen molar-refractivity contribution in [2.24, 2.45) is 17.3 Å². The monoisotopic (exact) mass is 255 g/mol. The van der Waals surface area contributed by atoms with Crippen molar-refractivity contribution in [3.63, 3.8) is 0 Å². The number of carbonyl (C=O) groups excluding carboxylic acids is 1. The van der Waals surface area contributed by atoms with Gasteiger partial charge in [0.15, 0.2) is 0 Å². The van der Waals surface area contributed by atoms with Crippen LogP contribution in [-0.4, -0.2) is 23.0 Å². The Morgan fingerprint density at radius 2 is 1.89 bits per heavy atom. The van der Waals surface area contributed by atoms with E-state index in [1.54, 1.807) is 6.92 Å². The van der Waals surface area contributed by atoms with Crippen molar-refractivity contribution < 1.29 is 14.7 Å². The average molecular weight is 255 g/mol. The second-order valence-corrected chi connectivity index (χ2v) is 6.20. The minimum atomic E-state index is -0.983. The largest absolute Gasteiger partial charge is 0.481 e. The molecule has 1 aliphatic carbocycles. The van der Waals surface area contributed by atoms with Crippen LogP contribution in [0, 0.1) is 17.3 Å². The van der Waals surface area contributed by atoms with Gasteiger partial charge in [-0.25, -0.2) is 0 Å². The number of carboxylic acids is 1. The fraction of sp³-hybridized carbons (Fsp3) is 0.857. The van der Waals surface area contributed by atoms with Gasteiger partial charge in [0.1, 0.15) is 0 Å². The molecule has 0 bridgehead atoms. The van der Waals surface area contributed by atoms with Crippen LogP contribution in [0.25, 0.3) is 0 Å². The molecule has 0 aromatic rings.